The van der Waals surface area contributed by atoms with Gasteiger partial charge in [0.25, 0.3) is 0 Å². The van der Waals surface area contributed by atoms with Crippen molar-refractivity contribution in [3.63, 3.8) is 0 Å². The molecule has 0 saturated carbocycles. The molecule has 6 heteroatoms. The highest BCUT2D eigenvalue weighted by molar-refractivity contribution is 5.85. The number of piperidine rings is 1. The molecule has 0 spiro atoms. The topological polar surface area (TPSA) is 44.4 Å². The van der Waals surface area contributed by atoms with Crippen molar-refractivity contribution >= 4 is 30.7 Å². The minimum Gasteiger partial charge on any atom is -0.355 e. The van der Waals surface area contributed by atoms with Gasteiger partial charge in [-0.25, -0.2) is 0 Å². The van der Waals surface area contributed by atoms with Crippen molar-refractivity contribution in [3.8, 4) is 0 Å². The molecule has 122 valence electrons. The molecule has 0 bridgehead atoms. The minimum atomic E-state index is 0. The van der Waals surface area contributed by atoms with Gasteiger partial charge in [0, 0.05) is 25.6 Å². The second-order valence-corrected chi connectivity index (χ2v) is 5.60. The first-order valence-corrected chi connectivity index (χ1v) is 7.28. The molecule has 1 aliphatic rings. The van der Waals surface area contributed by atoms with Crippen LogP contribution in [0.3, 0.4) is 0 Å². The van der Waals surface area contributed by atoms with E-state index in [9.17, 15) is 4.79 Å². The fourth-order valence-electron chi connectivity index (χ4n) is 2.53. The number of likely N-dealkylation sites (tertiary alicyclic amines) is 1. The van der Waals surface area contributed by atoms with Gasteiger partial charge in [0.05, 0.1) is 0 Å². The highest BCUT2D eigenvalue weighted by atomic mass is 35.5. The Morgan fingerprint density at radius 2 is 2.10 bits per heavy atom. The highest BCUT2D eigenvalue weighted by Gasteiger charge is 2.20. The Morgan fingerprint density at radius 3 is 2.70 bits per heavy atom. The number of rotatable bonds is 7. The summed E-state index contributed by atoms with van der Waals surface area (Å²) in [5.74, 6) is 0.981. The third-order valence-corrected chi connectivity index (χ3v) is 3.74. The molecule has 1 rings (SSSR count). The Morgan fingerprint density at radius 1 is 1.40 bits per heavy atom. The van der Waals surface area contributed by atoms with Gasteiger partial charge in [0.2, 0.25) is 5.91 Å². The summed E-state index contributed by atoms with van der Waals surface area (Å²) in [6, 6.07) is 0.459. The maximum atomic E-state index is 11.6. The van der Waals surface area contributed by atoms with Crippen LogP contribution in [0.4, 0.5) is 0 Å². The summed E-state index contributed by atoms with van der Waals surface area (Å²) in [5.41, 5.74) is 0. The van der Waals surface area contributed by atoms with Crippen LogP contribution in [0.1, 0.15) is 39.5 Å². The summed E-state index contributed by atoms with van der Waals surface area (Å²) in [7, 11) is 1.91. The van der Waals surface area contributed by atoms with E-state index in [0.717, 1.165) is 25.4 Å². The molecule has 1 aliphatic heterocycles. The van der Waals surface area contributed by atoms with E-state index in [4.69, 9.17) is 0 Å². The van der Waals surface area contributed by atoms with E-state index < -0.39 is 0 Å². The van der Waals surface area contributed by atoms with Crippen LogP contribution in [-0.2, 0) is 4.79 Å². The lowest BCUT2D eigenvalue weighted by Crippen LogP contribution is -2.46. The molecule has 0 radical (unpaired) electrons. The number of nitrogens with zero attached hydrogens (tertiary/aromatic N) is 1. The Bertz CT molecular complexity index is 255. The third kappa shape index (κ3) is 9.01. The minimum absolute atomic E-state index is 0. The SMILES string of the molecule is CNCCCC(=O)NCC(C)N1CCCC(C)C1.Cl.Cl. The Balaban J connectivity index is 0. The van der Waals surface area contributed by atoms with Gasteiger partial charge in [0.1, 0.15) is 0 Å². The number of halogens is 2. The van der Waals surface area contributed by atoms with Gasteiger partial charge in [-0.3, -0.25) is 9.69 Å². The number of nitrogens with one attached hydrogen (secondary N) is 2. The van der Waals surface area contributed by atoms with Crippen LogP contribution in [0.2, 0.25) is 0 Å². The van der Waals surface area contributed by atoms with Gasteiger partial charge in [-0.15, -0.1) is 24.8 Å². The second kappa shape index (κ2) is 12.7. The average molecular weight is 328 g/mol. The van der Waals surface area contributed by atoms with Crippen LogP contribution < -0.4 is 10.6 Å². The molecule has 1 fully saturated rings. The van der Waals surface area contributed by atoms with E-state index >= 15 is 0 Å². The predicted molar refractivity (Wildman–Crippen MR) is 90.1 cm³/mol. The van der Waals surface area contributed by atoms with E-state index in [1.165, 1.54) is 25.9 Å². The molecule has 0 aromatic rings. The van der Waals surface area contributed by atoms with Crippen molar-refractivity contribution in [2.75, 3.05) is 33.2 Å². The molecule has 0 aromatic heterocycles. The number of amides is 1. The Kier molecular flexibility index (Phi) is 14.1. The summed E-state index contributed by atoms with van der Waals surface area (Å²) in [6.45, 7) is 8.58. The van der Waals surface area contributed by atoms with Crippen LogP contribution in [0.15, 0.2) is 0 Å². The standard InChI is InChI=1S/C14H29N3O.2ClH/c1-12-6-5-9-17(11-12)13(2)10-16-14(18)7-4-8-15-3;;/h12-13,15H,4-11H2,1-3H3,(H,16,18);2*1H. The predicted octanol–water partition coefficient (Wildman–Crippen LogP) is 2.07. The lowest BCUT2D eigenvalue weighted by Gasteiger charge is -2.35. The number of carbonyl (C=O) groups is 1. The normalized spacial score (nSPS) is 20.4. The van der Waals surface area contributed by atoms with E-state index in [2.05, 4.69) is 29.4 Å². The van der Waals surface area contributed by atoms with Gasteiger partial charge < -0.3 is 10.6 Å². The Hall–Kier alpha value is -0.0300. The van der Waals surface area contributed by atoms with Gasteiger partial charge in [-0.2, -0.15) is 0 Å². The van der Waals surface area contributed by atoms with Crippen LogP contribution in [-0.4, -0.2) is 50.1 Å². The van der Waals surface area contributed by atoms with Crippen LogP contribution in [0, 0.1) is 5.92 Å². The van der Waals surface area contributed by atoms with Crippen molar-refractivity contribution in [1.29, 1.82) is 0 Å². The molecular formula is C14H31Cl2N3O. The van der Waals surface area contributed by atoms with Crippen LogP contribution in [0.5, 0.6) is 0 Å². The zero-order chi connectivity index (χ0) is 13.4. The summed E-state index contributed by atoms with van der Waals surface area (Å²) >= 11 is 0. The third-order valence-electron chi connectivity index (χ3n) is 3.74. The maximum absolute atomic E-state index is 11.6. The van der Waals surface area contributed by atoms with Crippen molar-refractivity contribution in [2.24, 2.45) is 5.92 Å². The molecule has 1 heterocycles. The summed E-state index contributed by atoms with van der Waals surface area (Å²) in [4.78, 5) is 14.1. The first-order valence-electron chi connectivity index (χ1n) is 7.28. The first kappa shape index (κ1) is 22.3. The summed E-state index contributed by atoms with van der Waals surface area (Å²) in [6.07, 6.45) is 4.18. The zero-order valence-corrected chi connectivity index (χ0v) is 14.6. The van der Waals surface area contributed by atoms with Gasteiger partial charge in [0.15, 0.2) is 0 Å². The van der Waals surface area contributed by atoms with Crippen molar-refractivity contribution in [1.82, 2.24) is 15.5 Å². The van der Waals surface area contributed by atoms with Crippen molar-refractivity contribution in [2.45, 2.75) is 45.6 Å². The lowest BCUT2D eigenvalue weighted by atomic mass is 9.99. The van der Waals surface area contributed by atoms with Crippen LogP contribution >= 0.6 is 24.8 Å². The Labute approximate surface area is 136 Å². The quantitative estimate of drug-likeness (QED) is 0.703. The molecule has 2 N–H and O–H groups in total. The van der Waals surface area contributed by atoms with Crippen molar-refractivity contribution < 1.29 is 4.79 Å². The molecule has 1 amide bonds. The van der Waals surface area contributed by atoms with Crippen molar-refractivity contribution in [3.05, 3.63) is 0 Å². The molecule has 4 nitrogen and oxygen atoms in total. The first-order chi connectivity index (χ1) is 8.63. The molecule has 1 saturated heterocycles. The fraction of sp³-hybridized carbons (Fsp3) is 0.929. The second-order valence-electron chi connectivity index (χ2n) is 5.60. The van der Waals surface area contributed by atoms with Gasteiger partial charge >= 0.3 is 0 Å². The van der Waals surface area contributed by atoms with E-state index in [0.29, 0.717) is 12.5 Å². The fourth-order valence-corrected chi connectivity index (χ4v) is 2.53. The van der Waals surface area contributed by atoms with E-state index in [-0.39, 0.29) is 30.7 Å². The molecule has 0 aromatic carbocycles. The lowest BCUT2D eigenvalue weighted by molar-refractivity contribution is -0.121. The summed E-state index contributed by atoms with van der Waals surface area (Å²) < 4.78 is 0. The van der Waals surface area contributed by atoms with Crippen LogP contribution in [0.25, 0.3) is 0 Å². The van der Waals surface area contributed by atoms with E-state index in [1.54, 1.807) is 0 Å². The van der Waals surface area contributed by atoms with E-state index in [1.807, 2.05) is 7.05 Å². The molecule has 2 unspecified atom stereocenters. The largest absolute Gasteiger partial charge is 0.355 e. The molecule has 0 aliphatic carbocycles. The molecule has 20 heavy (non-hydrogen) atoms. The monoisotopic (exact) mass is 327 g/mol. The number of hydrogen-bond donors (Lipinski definition) is 2. The highest BCUT2D eigenvalue weighted by Crippen LogP contribution is 2.17. The number of carbonyl (C=O) groups excluding carboxylic acids is 1. The van der Waals surface area contributed by atoms with Gasteiger partial charge in [-0.1, -0.05) is 6.92 Å². The zero-order valence-electron chi connectivity index (χ0n) is 13.0. The molecular weight excluding hydrogens is 297 g/mol. The smallest absolute Gasteiger partial charge is 0.220 e. The maximum Gasteiger partial charge on any atom is 0.220 e. The average Bonchev–Trinajstić information content (AvgIpc) is 2.36. The van der Waals surface area contributed by atoms with Gasteiger partial charge in [-0.05, 0) is 52.2 Å². The summed E-state index contributed by atoms with van der Waals surface area (Å²) in [5, 5.41) is 6.10. The number of hydrogen-bond acceptors (Lipinski definition) is 3. The molecule has 2 atom stereocenters.